The maximum Gasteiger partial charge on any atom is 0.315 e. The number of hydrogen-bond donors (Lipinski definition) is 2. The Balaban J connectivity index is 2.11. The molecule has 1 saturated carbocycles. The topological polar surface area (TPSA) is 58.2 Å². The molecule has 4 heteroatoms. The van der Waals surface area contributed by atoms with Crippen LogP contribution in [0.1, 0.15) is 46.0 Å². The second kappa shape index (κ2) is 6.51. The third-order valence-electron chi connectivity index (χ3n) is 3.11. The molecule has 2 N–H and O–H groups in total. The second-order valence-electron chi connectivity index (χ2n) is 4.81. The van der Waals surface area contributed by atoms with Gasteiger partial charge in [0.25, 0.3) is 0 Å². The molecular weight excluding hydrogens is 204 g/mol. The molecule has 0 aromatic heterocycles. The van der Waals surface area contributed by atoms with Gasteiger partial charge in [-0.25, -0.2) is 4.79 Å². The highest BCUT2D eigenvalue weighted by atomic mass is 16.2. The van der Waals surface area contributed by atoms with E-state index < -0.39 is 0 Å². The Bertz CT molecular complexity index is 245. The molecule has 4 nitrogen and oxygen atoms in total. The number of rotatable bonds is 4. The average Bonchev–Trinajstić information content (AvgIpc) is 2.21. The number of ketones is 1. The lowest BCUT2D eigenvalue weighted by atomic mass is 9.87. The summed E-state index contributed by atoms with van der Waals surface area (Å²) in [6.45, 7) is 4.22. The van der Waals surface area contributed by atoms with Gasteiger partial charge in [0.15, 0.2) is 0 Å². The first-order chi connectivity index (χ1) is 7.58. The van der Waals surface area contributed by atoms with Crippen LogP contribution < -0.4 is 10.6 Å². The first-order valence-corrected chi connectivity index (χ1v) is 6.11. The molecule has 0 aromatic carbocycles. The fourth-order valence-electron chi connectivity index (χ4n) is 1.99. The molecule has 1 aliphatic carbocycles. The minimum absolute atomic E-state index is 0.104. The van der Waals surface area contributed by atoms with Gasteiger partial charge in [-0.05, 0) is 38.5 Å². The molecule has 92 valence electrons. The predicted molar refractivity (Wildman–Crippen MR) is 63.3 cm³/mol. The summed E-state index contributed by atoms with van der Waals surface area (Å²) in [7, 11) is 0. The van der Waals surface area contributed by atoms with Crippen molar-refractivity contribution in [1.82, 2.24) is 10.6 Å². The molecule has 0 heterocycles. The number of carbonyl (C=O) groups excluding carboxylic acids is 2. The highest BCUT2D eigenvalue weighted by Crippen LogP contribution is 2.23. The van der Waals surface area contributed by atoms with E-state index in [1.165, 1.54) is 19.8 Å². The Kier molecular flexibility index (Phi) is 5.29. The van der Waals surface area contributed by atoms with Gasteiger partial charge in [-0.3, -0.25) is 4.79 Å². The minimum atomic E-state index is -0.138. The number of hydrogen-bond acceptors (Lipinski definition) is 2. The number of urea groups is 1. The highest BCUT2D eigenvalue weighted by molar-refractivity contribution is 5.77. The van der Waals surface area contributed by atoms with Gasteiger partial charge in [0, 0.05) is 19.0 Å². The average molecular weight is 226 g/mol. The molecule has 0 aliphatic heterocycles. The van der Waals surface area contributed by atoms with Crippen LogP contribution in [0.2, 0.25) is 0 Å². The van der Waals surface area contributed by atoms with Crippen LogP contribution >= 0.6 is 0 Å². The Morgan fingerprint density at radius 1 is 1.19 bits per heavy atom. The summed E-state index contributed by atoms with van der Waals surface area (Å²) in [5.74, 6) is 0.894. The minimum Gasteiger partial charge on any atom is -0.338 e. The quantitative estimate of drug-likeness (QED) is 0.768. The van der Waals surface area contributed by atoms with Crippen molar-refractivity contribution in [3.05, 3.63) is 0 Å². The van der Waals surface area contributed by atoms with Crippen LogP contribution in [0.4, 0.5) is 4.79 Å². The number of amides is 2. The lowest BCUT2D eigenvalue weighted by molar-refractivity contribution is -0.116. The largest absolute Gasteiger partial charge is 0.338 e. The summed E-state index contributed by atoms with van der Waals surface area (Å²) in [6.07, 6.45) is 4.94. The second-order valence-corrected chi connectivity index (χ2v) is 4.81. The van der Waals surface area contributed by atoms with Gasteiger partial charge < -0.3 is 10.6 Å². The molecule has 2 amide bonds. The zero-order valence-corrected chi connectivity index (χ0v) is 10.2. The van der Waals surface area contributed by atoms with Crippen molar-refractivity contribution in [2.24, 2.45) is 5.92 Å². The van der Waals surface area contributed by atoms with E-state index in [4.69, 9.17) is 0 Å². The van der Waals surface area contributed by atoms with Gasteiger partial charge in [-0.15, -0.1) is 0 Å². The Hall–Kier alpha value is -1.06. The molecular formula is C12H22N2O2. The van der Waals surface area contributed by atoms with E-state index in [0.717, 1.165) is 18.8 Å². The smallest absolute Gasteiger partial charge is 0.315 e. The monoisotopic (exact) mass is 226 g/mol. The molecule has 0 radical (unpaired) electrons. The first kappa shape index (κ1) is 13.0. The van der Waals surface area contributed by atoms with E-state index in [-0.39, 0.29) is 11.8 Å². The van der Waals surface area contributed by atoms with E-state index in [1.807, 2.05) is 0 Å². The van der Waals surface area contributed by atoms with E-state index >= 15 is 0 Å². The molecule has 0 aromatic rings. The Morgan fingerprint density at radius 3 is 2.38 bits per heavy atom. The molecule has 0 spiro atoms. The van der Waals surface area contributed by atoms with Crippen molar-refractivity contribution in [3.8, 4) is 0 Å². The summed E-state index contributed by atoms with van der Waals surface area (Å²) >= 11 is 0. The Morgan fingerprint density at radius 2 is 1.81 bits per heavy atom. The van der Waals surface area contributed by atoms with Crippen LogP contribution in [-0.4, -0.2) is 24.4 Å². The maximum atomic E-state index is 11.4. The third-order valence-corrected chi connectivity index (χ3v) is 3.11. The standard InChI is InChI=1S/C12H22N2O2/c1-9-3-5-11(6-4-9)14-12(16)13-8-7-10(2)15/h9,11H,3-8H2,1-2H3,(H2,13,14,16). The van der Waals surface area contributed by atoms with Crippen LogP contribution in [-0.2, 0) is 4.79 Å². The normalized spacial score (nSPS) is 24.9. The van der Waals surface area contributed by atoms with Gasteiger partial charge in [0.2, 0.25) is 0 Å². The van der Waals surface area contributed by atoms with Gasteiger partial charge in [0.05, 0.1) is 0 Å². The van der Waals surface area contributed by atoms with Crippen molar-refractivity contribution in [3.63, 3.8) is 0 Å². The van der Waals surface area contributed by atoms with Crippen LogP contribution in [0.5, 0.6) is 0 Å². The number of Topliss-reactive ketones (excluding diaryl/α,β-unsaturated/α-hetero) is 1. The highest BCUT2D eigenvalue weighted by Gasteiger charge is 2.19. The van der Waals surface area contributed by atoms with Gasteiger partial charge in [-0.1, -0.05) is 6.92 Å². The van der Waals surface area contributed by atoms with Crippen LogP contribution in [0.25, 0.3) is 0 Å². The summed E-state index contributed by atoms with van der Waals surface area (Å²) in [5, 5.41) is 5.65. The van der Waals surface area contributed by atoms with E-state index in [1.54, 1.807) is 0 Å². The zero-order valence-electron chi connectivity index (χ0n) is 10.2. The lowest BCUT2D eigenvalue weighted by Gasteiger charge is -2.26. The molecule has 0 unspecified atom stereocenters. The summed E-state index contributed by atoms with van der Waals surface area (Å²) in [6, 6.07) is 0.175. The predicted octanol–water partition coefficient (Wildman–Crippen LogP) is 1.84. The van der Waals surface area contributed by atoms with Gasteiger partial charge in [0.1, 0.15) is 5.78 Å². The molecule has 0 atom stereocenters. The molecule has 1 fully saturated rings. The SMILES string of the molecule is CC(=O)CCNC(=O)NC1CCC(C)CC1. The van der Waals surface area contributed by atoms with E-state index in [0.29, 0.717) is 19.0 Å². The number of nitrogens with one attached hydrogen (secondary N) is 2. The van der Waals surface area contributed by atoms with Crippen LogP contribution in [0, 0.1) is 5.92 Å². The van der Waals surface area contributed by atoms with Crippen molar-refractivity contribution >= 4 is 11.8 Å². The molecule has 1 aliphatic rings. The van der Waals surface area contributed by atoms with Crippen LogP contribution in [0.15, 0.2) is 0 Å². The molecule has 0 bridgehead atoms. The van der Waals surface area contributed by atoms with E-state index in [2.05, 4.69) is 17.6 Å². The fraction of sp³-hybridized carbons (Fsp3) is 0.833. The Labute approximate surface area is 97.2 Å². The molecule has 16 heavy (non-hydrogen) atoms. The van der Waals surface area contributed by atoms with Crippen molar-refractivity contribution in [1.29, 1.82) is 0 Å². The number of carbonyl (C=O) groups is 2. The van der Waals surface area contributed by atoms with Crippen LogP contribution in [0.3, 0.4) is 0 Å². The van der Waals surface area contributed by atoms with Crippen molar-refractivity contribution in [2.45, 2.75) is 52.0 Å². The first-order valence-electron chi connectivity index (χ1n) is 6.11. The van der Waals surface area contributed by atoms with Gasteiger partial charge >= 0.3 is 6.03 Å². The van der Waals surface area contributed by atoms with Gasteiger partial charge in [-0.2, -0.15) is 0 Å². The third kappa shape index (κ3) is 5.14. The zero-order chi connectivity index (χ0) is 12.0. The van der Waals surface area contributed by atoms with Crippen molar-refractivity contribution < 1.29 is 9.59 Å². The summed E-state index contributed by atoms with van der Waals surface area (Å²) in [4.78, 5) is 22.1. The molecule has 0 saturated heterocycles. The van der Waals surface area contributed by atoms with E-state index in [9.17, 15) is 9.59 Å². The van der Waals surface area contributed by atoms with Crippen molar-refractivity contribution in [2.75, 3.05) is 6.54 Å². The molecule has 1 rings (SSSR count). The maximum absolute atomic E-state index is 11.4. The lowest BCUT2D eigenvalue weighted by Crippen LogP contribution is -2.43. The summed E-state index contributed by atoms with van der Waals surface area (Å²) in [5.41, 5.74) is 0. The summed E-state index contributed by atoms with van der Waals surface area (Å²) < 4.78 is 0. The fourth-order valence-corrected chi connectivity index (χ4v) is 1.99.